The number of fused-ring (bicyclic) bond motifs is 8. The number of hydrogen-bond acceptors (Lipinski definition) is 3. The van der Waals surface area contributed by atoms with Crippen molar-refractivity contribution in [3.05, 3.63) is 200 Å². The summed E-state index contributed by atoms with van der Waals surface area (Å²) in [4.78, 5) is 15.1. The number of hydrogen-bond donors (Lipinski definition) is 0. The summed E-state index contributed by atoms with van der Waals surface area (Å²) in [6, 6.07) is 71.1. The quantitative estimate of drug-likeness (QED) is 0.177. The summed E-state index contributed by atoms with van der Waals surface area (Å²) >= 11 is 0. The van der Waals surface area contributed by atoms with Gasteiger partial charge in [-0.15, -0.1) is 0 Å². The van der Waals surface area contributed by atoms with E-state index in [0.29, 0.717) is 17.5 Å². The second-order valence-electron chi connectivity index (χ2n) is 14.9. The van der Waals surface area contributed by atoms with Crippen LogP contribution in [-0.2, 0) is 0 Å². The van der Waals surface area contributed by atoms with E-state index in [0.717, 1.165) is 33.4 Å². The van der Waals surface area contributed by atoms with Crippen LogP contribution in [0.15, 0.2) is 200 Å². The Morgan fingerprint density at radius 1 is 0.293 bits per heavy atom. The first-order valence-corrected chi connectivity index (χ1v) is 19.6. The lowest BCUT2D eigenvalue weighted by molar-refractivity contribution is 1.07. The average molecular weight is 740 g/mol. The molecule has 9 aromatic carbocycles. The summed E-state index contributed by atoms with van der Waals surface area (Å²) in [5.41, 5.74) is 9.64. The molecule has 12 aromatic rings. The van der Waals surface area contributed by atoms with Crippen molar-refractivity contribution in [2.45, 2.75) is 0 Å². The van der Waals surface area contributed by atoms with Gasteiger partial charge in [0.05, 0.1) is 27.8 Å². The highest BCUT2D eigenvalue weighted by atomic mass is 15.0. The monoisotopic (exact) mass is 739 g/mol. The Balaban J connectivity index is 1.15. The number of para-hydroxylation sites is 2. The molecule has 3 aromatic heterocycles. The van der Waals surface area contributed by atoms with Crippen LogP contribution in [-0.4, -0.2) is 24.1 Å². The zero-order valence-corrected chi connectivity index (χ0v) is 31.3. The van der Waals surface area contributed by atoms with Crippen LogP contribution in [0.4, 0.5) is 0 Å². The van der Waals surface area contributed by atoms with E-state index in [1.54, 1.807) is 0 Å². The molecule has 0 bridgehead atoms. The fourth-order valence-corrected chi connectivity index (χ4v) is 8.89. The van der Waals surface area contributed by atoms with Crippen LogP contribution < -0.4 is 0 Å². The first kappa shape index (κ1) is 32.4. The third-order valence-electron chi connectivity index (χ3n) is 11.5. The Hall–Kier alpha value is -7.89. The van der Waals surface area contributed by atoms with Gasteiger partial charge in [-0.2, -0.15) is 0 Å². The fourth-order valence-electron chi connectivity index (χ4n) is 8.89. The van der Waals surface area contributed by atoms with E-state index >= 15 is 0 Å². The molecule has 3 heterocycles. The van der Waals surface area contributed by atoms with Crippen molar-refractivity contribution >= 4 is 65.2 Å². The molecule has 0 spiro atoms. The van der Waals surface area contributed by atoms with Gasteiger partial charge in [0.15, 0.2) is 17.5 Å². The van der Waals surface area contributed by atoms with Crippen LogP contribution in [0, 0.1) is 0 Å². The van der Waals surface area contributed by atoms with Gasteiger partial charge in [-0.1, -0.05) is 158 Å². The maximum atomic E-state index is 5.08. The first-order chi connectivity index (χ1) is 28.8. The van der Waals surface area contributed by atoms with Crippen molar-refractivity contribution in [1.82, 2.24) is 24.1 Å². The molecule has 0 aliphatic carbocycles. The molecule has 0 fully saturated rings. The highest BCUT2D eigenvalue weighted by molar-refractivity contribution is 6.22. The molecule has 0 N–H and O–H groups in total. The molecule has 0 aliphatic rings. The standard InChI is InChI=1S/C53H33N5/c1-3-16-34(17-4-1)51-54-52(35-18-5-2-6-19-35)56-53(55-51)39-23-15-24-40(30-39)57-46-29-14-12-27-43(46)49-48(57)33-38-22-9-10-25-41(38)50(49)58-45-28-13-11-26-42(45)44-31-36-20-7-8-21-37(36)32-47(44)58/h1-33H. The smallest absolute Gasteiger partial charge is 0.164 e. The molecule has 0 aliphatic heterocycles. The van der Waals surface area contributed by atoms with Crippen LogP contribution in [0.5, 0.6) is 0 Å². The molecule has 58 heavy (non-hydrogen) atoms. The second kappa shape index (κ2) is 12.8. The third kappa shape index (κ3) is 5.00. The summed E-state index contributed by atoms with van der Waals surface area (Å²) < 4.78 is 4.92. The Labute approximate surface area is 333 Å². The van der Waals surface area contributed by atoms with E-state index in [4.69, 9.17) is 15.0 Å². The van der Waals surface area contributed by atoms with Crippen molar-refractivity contribution < 1.29 is 0 Å². The molecule has 0 radical (unpaired) electrons. The molecular formula is C53H33N5. The third-order valence-corrected chi connectivity index (χ3v) is 11.5. The number of benzene rings is 9. The van der Waals surface area contributed by atoms with Gasteiger partial charge in [0.25, 0.3) is 0 Å². The minimum absolute atomic E-state index is 0.624. The summed E-state index contributed by atoms with van der Waals surface area (Å²) in [7, 11) is 0. The number of nitrogens with zero attached hydrogens (tertiary/aromatic N) is 5. The Morgan fingerprint density at radius 3 is 1.48 bits per heavy atom. The van der Waals surface area contributed by atoms with Crippen LogP contribution >= 0.6 is 0 Å². The zero-order chi connectivity index (χ0) is 38.2. The van der Waals surface area contributed by atoms with Crippen LogP contribution in [0.2, 0.25) is 0 Å². The summed E-state index contributed by atoms with van der Waals surface area (Å²) in [5.74, 6) is 1.91. The van der Waals surface area contributed by atoms with E-state index in [-0.39, 0.29) is 0 Å². The molecule has 5 nitrogen and oxygen atoms in total. The summed E-state index contributed by atoms with van der Waals surface area (Å²) in [6.45, 7) is 0. The molecule has 5 heteroatoms. The topological polar surface area (TPSA) is 48.5 Å². The van der Waals surface area contributed by atoms with Crippen molar-refractivity contribution in [3.63, 3.8) is 0 Å². The summed E-state index contributed by atoms with van der Waals surface area (Å²) in [6.07, 6.45) is 0. The van der Waals surface area contributed by atoms with E-state index in [1.807, 2.05) is 60.7 Å². The van der Waals surface area contributed by atoms with Crippen LogP contribution in [0.3, 0.4) is 0 Å². The lowest BCUT2D eigenvalue weighted by atomic mass is 10.0. The van der Waals surface area contributed by atoms with E-state index in [1.165, 1.54) is 59.8 Å². The number of aromatic nitrogens is 5. The predicted molar refractivity (Wildman–Crippen MR) is 240 cm³/mol. The molecule has 12 rings (SSSR count). The van der Waals surface area contributed by atoms with Crippen LogP contribution in [0.1, 0.15) is 0 Å². The highest BCUT2D eigenvalue weighted by Crippen LogP contribution is 2.44. The Kier molecular flexibility index (Phi) is 7.16. The maximum Gasteiger partial charge on any atom is 0.164 e. The molecule has 0 amide bonds. The highest BCUT2D eigenvalue weighted by Gasteiger charge is 2.23. The van der Waals surface area contributed by atoms with Crippen molar-refractivity contribution in [2.75, 3.05) is 0 Å². The van der Waals surface area contributed by atoms with E-state index in [9.17, 15) is 0 Å². The van der Waals surface area contributed by atoms with Gasteiger partial charge in [-0.05, 0) is 58.6 Å². The zero-order valence-electron chi connectivity index (χ0n) is 31.3. The minimum Gasteiger partial charge on any atom is -0.309 e. The number of rotatable bonds is 5. The summed E-state index contributed by atoms with van der Waals surface area (Å²) in [5, 5.41) is 9.71. The van der Waals surface area contributed by atoms with Gasteiger partial charge in [-0.25, -0.2) is 15.0 Å². The average Bonchev–Trinajstić information content (AvgIpc) is 3.80. The van der Waals surface area contributed by atoms with Crippen molar-refractivity contribution in [3.8, 4) is 45.5 Å². The fraction of sp³-hybridized carbons (Fsp3) is 0. The molecular weight excluding hydrogens is 707 g/mol. The van der Waals surface area contributed by atoms with Gasteiger partial charge in [0.2, 0.25) is 0 Å². The lowest BCUT2D eigenvalue weighted by Gasteiger charge is -2.16. The lowest BCUT2D eigenvalue weighted by Crippen LogP contribution is -2.01. The van der Waals surface area contributed by atoms with Gasteiger partial charge in [-0.3, -0.25) is 0 Å². The largest absolute Gasteiger partial charge is 0.309 e. The van der Waals surface area contributed by atoms with Gasteiger partial charge in [0.1, 0.15) is 0 Å². The Bertz CT molecular complexity index is 3510. The molecule has 0 saturated carbocycles. The molecule has 0 atom stereocenters. The van der Waals surface area contributed by atoms with Crippen molar-refractivity contribution in [2.24, 2.45) is 0 Å². The molecule has 0 saturated heterocycles. The predicted octanol–water partition coefficient (Wildman–Crippen LogP) is 13.4. The van der Waals surface area contributed by atoms with Gasteiger partial charge in [0, 0.05) is 49.3 Å². The normalized spacial score (nSPS) is 11.8. The first-order valence-electron chi connectivity index (χ1n) is 19.6. The van der Waals surface area contributed by atoms with Gasteiger partial charge >= 0.3 is 0 Å². The second-order valence-corrected chi connectivity index (χ2v) is 14.9. The molecule has 0 unspecified atom stereocenters. The molecule has 270 valence electrons. The minimum atomic E-state index is 0.624. The van der Waals surface area contributed by atoms with Crippen molar-refractivity contribution in [1.29, 1.82) is 0 Å². The van der Waals surface area contributed by atoms with Gasteiger partial charge < -0.3 is 9.13 Å². The maximum absolute atomic E-state index is 5.08. The van der Waals surface area contributed by atoms with E-state index < -0.39 is 0 Å². The van der Waals surface area contributed by atoms with Crippen LogP contribution in [0.25, 0.3) is 111 Å². The van der Waals surface area contributed by atoms with E-state index in [2.05, 4.69) is 149 Å². The SMILES string of the molecule is c1ccc(-c2nc(-c3ccccc3)nc(-c3cccc(-n4c5ccccc5c5c(-n6c7ccccc7c7cc8ccccc8cc76)c6ccccc6cc54)c3)n2)cc1. The Morgan fingerprint density at radius 2 is 0.793 bits per heavy atom.